The Morgan fingerprint density at radius 1 is 1.07 bits per heavy atom. The summed E-state index contributed by atoms with van der Waals surface area (Å²) in [5.74, 6) is -0.496. The molecule has 0 aliphatic heterocycles. The van der Waals surface area contributed by atoms with E-state index in [4.69, 9.17) is 0 Å². The fraction of sp³-hybridized carbons (Fsp3) is 0.105. The number of amides is 2. The molecule has 0 aliphatic carbocycles. The van der Waals surface area contributed by atoms with Crippen LogP contribution in [0.2, 0.25) is 0 Å². The molecule has 2 N–H and O–H groups in total. The minimum Gasteiger partial charge on any atom is -0.350 e. The molecule has 3 aromatic heterocycles. The summed E-state index contributed by atoms with van der Waals surface area (Å²) in [6.07, 6.45) is 3.86. The van der Waals surface area contributed by atoms with Crippen LogP contribution in [-0.4, -0.2) is 27.9 Å². The van der Waals surface area contributed by atoms with Crippen molar-refractivity contribution in [3.05, 3.63) is 70.7 Å². The first-order valence-corrected chi connectivity index (χ1v) is 10.00. The van der Waals surface area contributed by atoms with Crippen LogP contribution in [0.1, 0.15) is 15.2 Å². The smallest absolute Gasteiger partial charge is 0.251 e. The molecule has 0 bridgehead atoms. The largest absolute Gasteiger partial charge is 0.350 e. The highest BCUT2D eigenvalue weighted by Gasteiger charge is 2.11. The van der Waals surface area contributed by atoms with Crippen molar-refractivity contribution < 1.29 is 9.59 Å². The van der Waals surface area contributed by atoms with E-state index < -0.39 is 0 Å². The molecule has 4 rings (SSSR count). The molecule has 2 amide bonds. The summed E-state index contributed by atoms with van der Waals surface area (Å²) in [4.78, 5) is 29.9. The number of carbonyl (C=O) groups is 2. The second-order valence-corrected chi connectivity index (χ2v) is 7.85. The van der Waals surface area contributed by atoms with Crippen LogP contribution in [0.4, 0.5) is 0 Å². The Labute approximate surface area is 163 Å². The Morgan fingerprint density at radius 2 is 1.93 bits per heavy atom. The Bertz CT molecular complexity index is 1070. The van der Waals surface area contributed by atoms with Crippen LogP contribution in [0, 0.1) is 0 Å². The van der Waals surface area contributed by atoms with Crippen LogP contribution in [-0.2, 0) is 11.3 Å². The number of benzene rings is 1. The number of hydrogen-bond donors (Lipinski definition) is 2. The summed E-state index contributed by atoms with van der Waals surface area (Å²) in [6.45, 7) is 0.418. The van der Waals surface area contributed by atoms with Crippen molar-refractivity contribution in [1.29, 1.82) is 0 Å². The van der Waals surface area contributed by atoms with Crippen molar-refractivity contribution in [2.75, 3.05) is 6.54 Å². The molecule has 0 aliphatic rings. The third-order valence-electron chi connectivity index (χ3n) is 3.91. The molecule has 3 heterocycles. The van der Waals surface area contributed by atoms with E-state index in [0.717, 1.165) is 20.2 Å². The zero-order chi connectivity index (χ0) is 18.6. The molecule has 0 radical (unpaired) electrons. The average Bonchev–Trinajstić information content (AvgIpc) is 3.44. The maximum Gasteiger partial charge on any atom is 0.251 e. The standard InChI is InChI=1S/C19H16N4O2S2/c24-17(20-11-14-4-3-9-26-14)12-21-18(25)13-5-6-15-16(10-13)27-19(22-15)23-7-1-2-8-23/h1-10H,11-12H2,(H,20,24)(H,21,25). The summed E-state index contributed by atoms with van der Waals surface area (Å²) in [5.41, 5.74) is 1.35. The molecule has 0 atom stereocenters. The first-order valence-electron chi connectivity index (χ1n) is 8.30. The van der Waals surface area contributed by atoms with Gasteiger partial charge >= 0.3 is 0 Å². The van der Waals surface area contributed by atoms with Crippen LogP contribution >= 0.6 is 22.7 Å². The Balaban J connectivity index is 1.38. The molecule has 1 aromatic carbocycles. The van der Waals surface area contributed by atoms with E-state index in [2.05, 4.69) is 15.6 Å². The number of thiophene rings is 1. The van der Waals surface area contributed by atoms with Gasteiger partial charge in [-0.15, -0.1) is 11.3 Å². The molecule has 4 aromatic rings. The van der Waals surface area contributed by atoms with Crippen LogP contribution in [0.25, 0.3) is 15.3 Å². The van der Waals surface area contributed by atoms with E-state index >= 15 is 0 Å². The summed E-state index contributed by atoms with van der Waals surface area (Å²) < 4.78 is 2.86. The molecule has 0 spiro atoms. The van der Waals surface area contributed by atoms with Gasteiger partial charge in [0.05, 0.1) is 23.3 Å². The Kier molecular flexibility index (Phi) is 4.99. The molecule has 8 heteroatoms. The van der Waals surface area contributed by atoms with E-state index in [1.54, 1.807) is 23.5 Å². The van der Waals surface area contributed by atoms with E-state index in [-0.39, 0.29) is 18.4 Å². The second kappa shape index (κ2) is 7.73. The number of aromatic nitrogens is 2. The van der Waals surface area contributed by atoms with Crippen LogP contribution in [0.5, 0.6) is 0 Å². The first-order chi connectivity index (χ1) is 13.2. The normalized spacial score (nSPS) is 10.8. The van der Waals surface area contributed by atoms with Gasteiger partial charge in [-0.2, -0.15) is 0 Å². The van der Waals surface area contributed by atoms with Crippen molar-refractivity contribution in [2.24, 2.45) is 0 Å². The zero-order valence-electron chi connectivity index (χ0n) is 14.2. The predicted octanol–water partition coefficient (Wildman–Crippen LogP) is 3.19. The van der Waals surface area contributed by atoms with Gasteiger partial charge in [0.1, 0.15) is 0 Å². The van der Waals surface area contributed by atoms with Crippen molar-refractivity contribution in [3.8, 4) is 5.13 Å². The van der Waals surface area contributed by atoms with Crippen molar-refractivity contribution >= 4 is 44.7 Å². The number of nitrogens with zero attached hydrogens (tertiary/aromatic N) is 2. The van der Waals surface area contributed by atoms with Crippen molar-refractivity contribution in [2.45, 2.75) is 6.54 Å². The maximum absolute atomic E-state index is 12.4. The lowest BCUT2D eigenvalue weighted by Crippen LogP contribution is -2.36. The average molecular weight is 396 g/mol. The first kappa shape index (κ1) is 17.4. The topological polar surface area (TPSA) is 76.0 Å². The quantitative estimate of drug-likeness (QED) is 0.526. The van der Waals surface area contributed by atoms with Crippen LogP contribution in [0.15, 0.2) is 60.2 Å². The Hall–Kier alpha value is -2.97. The van der Waals surface area contributed by atoms with Gasteiger partial charge < -0.3 is 15.2 Å². The highest BCUT2D eigenvalue weighted by molar-refractivity contribution is 7.20. The maximum atomic E-state index is 12.4. The minimum absolute atomic E-state index is 0.0560. The third-order valence-corrected chi connectivity index (χ3v) is 5.82. The molecular formula is C19H16N4O2S2. The van der Waals surface area contributed by atoms with E-state index in [9.17, 15) is 9.59 Å². The zero-order valence-corrected chi connectivity index (χ0v) is 15.8. The molecule has 6 nitrogen and oxygen atoms in total. The van der Waals surface area contributed by atoms with Gasteiger partial charge in [0, 0.05) is 22.8 Å². The van der Waals surface area contributed by atoms with Gasteiger partial charge in [0.2, 0.25) is 5.91 Å². The summed E-state index contributed by atoms with van der Waals surface area (Å²) in [5, 5.41) is 8.25. The van der Waals surface area contributed by atoms with Gasteiger partial charge in [0.25, 0.3) is 5.91 Å². The summed E-state index contributed by atoms with van der Waals surface area (Å²) in [7, 11) is 0. The Morgan fingerprint density at radius 3 is 2.70 bits per heavy atom. The van der Waals surface area contributed by atoms with Gasteiger partial charge in [-0.25, -0.2) is 4.98 Å². The second-order valence-electron chi connectivity index (χ2n) is 5.81. The molecule has 0 saturated carbocycles. The van der Waals surface area contributed by atoms with Crippen LogP contribution in [0.3, 0.4) is 0 Å². The highest BCUT2D eigenvalue weighted by Crippen LogP contribution is 2.26. The number of fused-ring (bicyclic) bond motifs is 1. The van der Waals surface area contributed by atoms with E-state index in [1.165, 1.54) is 11.3 Å². The fourth-order valence-electron chi connectivity index (χ4n) is 2.55. The molecular weight excluding hydrogens is 380 g/mol. The summed E-state index contributed by atoms with van der Waals surface area (Å²) in [6, 6.07) is 13.1. The lowest BCUT2D eigenvalue weighted by Gasteiger charge is -2.06. The van der Waals surface area contributed by atoms with Crippen LogP contribution < -0.4 is 10.6 Å². The lowest BCUT2D eigenvalue weighted by molar-refractivity contribution is -0.120. The number of nitrogens with one attached hydrogen (secondary N) is 2. The van der Waals surface area contributed by atoms with Gasteiger partial charge in [-0.1, -0.05) is 17.4 Å². The molecule has 136 valence electrons. The number of thiazole rings is 1. The molecule has 0 fully saturated rings. The van der Waals surface area contributed by atoms with Gasteiger partial charge in [-0.05, 0) is 41.8 Å². The van der Waals surface area contributed by atoms with E-state index in [1.807, 2.05) is 52.7 Å². The SMILES string of the molecule is O=C(CNC(=O)c1ccc2nc(-n3cccc3)sc2c1)NCc1cccs1. The highest BCUT2D eigenvalue weighted by atomic mass is 32.1. The van der Waals surface area contributed by atoms with Gasteiger partial charge in [-0.3, -0.25) is 9.59 Å². The van der Waals surface area contributed by atoms with Crippen molar-refractivity contribution in [3.63, 3.8) is 0 Å². The monoisotopic (exact) mass is 396 g/mol. The van der Waals surface area contributed by atoms with E-state index in [0.29, 0.717) is 12.1 Å². The van der Waals surface area contributed by atoms with Gasteiger partial charge in [0.15, 0.2) is 5.13 Å². The fourth-order valence-corrected chi connectivity index (χ4v) is 4.17. The minimum atomic E-state index is -0.279. The number of carbonyl (C=O) groups excluding carboxylic acids is 2. The predicted molar refractivity (Wildman–Crippen MR) is 107 cm³/mol. The van der Waals surface area contributed by atoms with Crippen molar-refractivity contribution in [1.82, 2.24) is 20.2 Å². The lowest BCUT2D eigenvalue weighted by atomic mass is 10.2. The third kappa shape index (κ3) is 4.07. The summed E-state index contributed by atoms with van der Waals surface area (Å²) >= 11 is 3.09. The molecule has 27 heavy (non-hydrogen) atoms. The number of rotatable bonds is 6. The molecule has 0 unspecified atom stereocenters. The molecule has 0 saturated heterocycles. The number of hydrogen-bond acceptors (Lipinski definition) is 5.